The Morgan fingerprint density at radius 3 is 3.07 bits per heavy atom. The molecular formula is C11H13NO3. The highest BCUT2D eigenvalue weighted by Gasteiger charge is 2.26. The third-order valence-corrected chi connectivity index (χ3v) is 2.54. The summed E-state index contributed by atoms with van der Waals surface area (Å²) >= 11 is 0. The number of fused-ring (bicyclic) bond motifs is 1. The molecule has 0 atom stereocenters. The number of carbonyl (C=O) groups excluding carboxylic acids is 1. The molecule has 0 saturated carbocycles. The summed E-state index contributed by atoms with van der Waals surface area (Å²) in [5.41, 5.74) is 1.57. The van der Waals surface area contributed by atoms with Crippen molar-refractivity contribution in [1.82, 2.24) is 4.90 Å². The SMILES string of the molecule is COCCN1Cc2ccc(O)cc2C1=O. The van der Waals surface area contributed by atoms with E-state index in [1.165, 1.54) is 6.07 Å². The first kappa shape index (κ1) is 9.98. The first-order chi connectivity index (χ1) is 7.22. The van der Waals surface area contributed by atoms with Gasteiger partial charge in [0.05, 0.1) is 6.61 Å². The van der Waals surface area contributed by atoms with Crippen molar-refractivity contribution in [3.8, 4) is 5.75 Å². The van der Waals surface area contributed by atoms with Crippen LogP contribution in [0.5, 0.6) is 5.75 Å². The Kier molecular flexibility index (Phi) is 2.60. The fraction of sp³-hybridized carbons (Fsp3) is 0.364. The van der Waals surface area contributed by atoms with E-state index < -0.39 is 0 Å². The summed E-state index contributed by atoms with van der Waals surface area (Å²) < 4.78 is 4.93. The molecule has 4 heteroatoms. The number of phenolic OH excluding ortho intramolecular Hbond substituents is 1. The first-order valence-corrected chi connectivity index (χ1v) is 4.82. The van der Waals surface area contributed by atoms with Gasteiger partial charge >= 0.3 is 0 Å². The minimum absolute atomic E-state index is 0.0297. The molecule has 0 bridgehead atoms. The number of ether oxygens (including phenoxy) is 1. The van der Waals surface area contributed by atoms with Gasteiger partial charge in [-0.25, -0.2) is 0 Å². The number of rotatable bonds is 3. The first-order valence-electron chi connectivity index (χ1n) is 4.82. The van der Waals surface area contributed by atoms with Gasteiger partial charge in [-0.05, 0) is 17.7 Å². The van der Waals surface area contributed by atoms with Gasteiger partial charge in [-0.1, -0.05) is 6.07 Å². The lowest BCUT2D eigenvalue weighted by Crippen LogP contribution is -2.27. The van der Waals surface area contributed by atoms with Crippen molar-refractivity contribution in [3.05, 3.63) is 29.3 Å². The largest absolute Gasteiger partial charge is 0.508 e. The average molecular weight is 207 g/mol. The fourth-order valence-corrected chi connectivity index (χ4v) is 1.73. The van der Waals surface area contributed by atoms with Gasteiger partial charge in [0.25, 0.3) is 5.91 Å². The zero-order valence-electron chi connectivity index (χ0n) is 8.56. The lowest BCUT2D eigenvalue weighted by Gasteiger charge is -2.14. The quantitative estimate of drug-likeness (QED) is 0.804. The summed E-state index contributed by atoms with van der Waals surface area (Å²) in [7, 11) is 1.61. The molecule has 4 nitrogen and oxygen atoms in total. The molecule has 1 N–H and O–H groups in total. The summed E-state index contributed by atoms with van der Waals surface area (Å²) in [6.07, 6.45) is 0. The van der Waals surface area contributed by atoms with E-state index in [0.717, 1.165) is 5.56 Å². The molecule has 80 valence electrons. The van der Waals surface area contributed by atoms with Crippen LogP contribution in [-0.4, -0.2) is 36.2 Å². The number of methoxy groups -OCH3 is 1. The molecule has 0 fully saturated rings. The maximum Gasteiger partial charge on any atom is 0.254 e. The second kappa shape index (κ2) is 3.90. The zero-order chi connectivity index (χ0) is 10.8. The van der Waals surface area contributed by atoms with Gasteiger partial charge in [-0.15, -0.1) is 0 Å². The molecule has 0 aromatic heterocycles. The van der Waals surface area contributed by atoms with E-state index in [1.54, 1.807) is 24.1 Å². The highest BCUT2D eigenvalue weighted by atomic mass is 16.5. The third kappa shape index (κ3) is 1.80. The molecule has 0 aliphatic carbocycles. The maximum atomic E-state index is 11.8. The Morgan fingerprint density at radius 2 is 2.33 bits per heavy atom. The van der Waals surface area contributed by atoms with Crippen LogP contribution < -0.4 is 0 Å². The van der Waals surface area contributed by atoms with Crippen LogP contribution in [0.4, 0.5) is 0 Å². The van der Waals surface area contributed by atoms with E-state index in [9.17, 15) is 9.90 Å². The maximum absolute atomic E-state index is 11.8. The number of nitrogens with zero attached hydrogens (tertiary/aromatic N) is 1. The molecule has 1 aliphatic rings. The lowest BCUT2D eigenvalue weighted by molar-refractivity contribution is 0.0719. The van der Waals surface area contributed by atoms with Crippen molar-refractivity contribution in [2.45, 2.75) is 6.54 Å². The monoisotopic (exact) mass is 207 g/mol. The van der Waals surface area contributed by atoms with Crippen LogP contribution in [-0.2, 0) is 11.3 Å². The predicted octanol–water partition coefficient (Wildman–Crippen LogP) is 0.994. The number of hydrogen-bond acceptors (Lipinski definition) is 3. The summed E-state index contributed by atoms with van der Waals surface area (Å²) in [5, 5.41) is 9.28. The van der Waals surface area contributed by atoms with Gasteiger partial charge in [-0.2, -0.15) is 0 Å². The summed E-state index contributed by atoms with van der Waals surface area (Å²) in [6.45, 7) is 1.73. The van der Waals surface area contributed by atoms with Crippen molar-refractivity contribution >= 4 is 5.91 Å². The Balaban J connectivity index is 2.18. The number of phenols is 1. The van der Waals surface area contributed by atoms with Crippen molar-refractivity contribution in [2.75, 3.05) is 20.3 Å². The van der Waals surface area contributed by atoms with Crippen molar-refractivity contribution in [2.24, 2.45) is 0 Å². The third-order valence-electron chi connectivity index (χ3n) is 2.54. The van der Waals surface area contributed by atoms with E-state index >= 15 is 0 Å². The van der Waals surface area contributed by atoms with Crippen molar-refractivity contribution in [1.29, 1.82) is 0 Å². The highest BCUT2D eigenvalue weighted by Crippen LogP contribution is 2.25. The second-order valence-corrected chi connectivity index (χ2v) is 3.56. The van der Waals surface area contributed by atoms with E-state index in [4.69, 9.17) is 4.74 Å². The number of hydrogen-bond donors (Lipinski definition) is 1. The van der Waals surface area contributed by atoms with Crippen LogP contribution >= 0.6 is 0 Å². The van der Waals surface area contributed by atoms with Crippen molar-refractivity contribution < 1.29 is 14.6 Å². The van der Waals surface area contributed by atoms with E-state index in [2.05, 4.69) is 0 Å². The summed E-state index contributed by atoms with van der Waals surface area (Å²) in [4.78, 5) is 13.5. The topological polar surface area (TPSA) is 49.8 Å². The molecule has 1 heterocycles. The average Bonchev–Trinajstić information content (AvgIpc) is 2.53. The second-order valence-electron chi connectivity index (χ2n) is 3.56. The van der Waals surface area contributed by atoms with Crippen LogP contribution in [0.3, 0.4) is 0 Å². The van der Waals surface area contributed by atoms with E-state index in [1.807, 2.05) is 0 Å². The zero-order valence-corrected chi connectivity index (χ0v) is 8.56. The van der Waals surface area contributed by atoms with E-state index in [0.29, 0.717) is 25.3 Å². The number of amides is 1. The van der Waals surface area contributed by atoms with Crippen molar-refractivity contribution in [3.63, 3.8) is 0 Å². The van der Waals surface area contributed by atoms with Gasteiger partial charge < -0.3 is 14.7 Å². The molecule has 1 aromatic carbocycles. The van der Waals surface area contributed by atoms with Gasteiger partial charge in [0, 0.05) is 25.8 Å². The Morgan fingerprint density at radius 1 is 1.53 bits per heavy atom. The van der Waals surface area contributed by atoms with Crippen LogP contribution in [0.1, 0.15) is 15.9 Å². The molecule has 1 aromatic rings. The molecule has 1 amide bonds. The molecule has 2 rings (SSSR count). The summed E-state index contributed by atoms with van der Waals surface area (Å²) in [5.74, 6) is 0.105. The fourth-order valence-electron chi connectivity index (χ4n) is 1.73. The minimum Gasteiger partial charge on any atom is -0.508 e. The van der Waals surface area contributed by atoms with Gasteiger partial charge in [0.1, 0.15) is 5.75 Å². The number of benzene rings is 1. The number of aromatic hydroxyl groups is 1. The van der Waals surface area contributed by atoms with Gasteiger partial charge in [0.15, 0.2) is 0 Å². The Bertz CT molecular complexity index is 389. The minimum atomic E-state index is -0.0297. The molecule has 0 radical (unpaired) electrons. The Hall–Kier alpha value is -1.55. The molecule has 15 heavy (non-hydrogen) atoms. The molecular weight excluding hydrogens is 194 g/mol. The van der Waals surface area contributed by atoms with Gasteiger partial charge in [0.2, 0.25) is 0 Å². The van der Waals surface area contributed by atoms with Crippen LogP contribution in [0.25, 0.3) is 0 Å². The summed E-state index contributed by atoms with van der Waals surface area (Å²) in [6, 6.07) is 4.91. The van der Waals surface area contributed by atoms with Gasteiger partial charge in [-0.3, -0.25) is 4.79 Å². The number of carbonyl (C=O) groups is 1. The molecule has 0 saturated heterocycles. The standard InChI is InChI=1S/C11H13NO3/c1-15-5-4-12-7-8-2-3-9(13)6-10(8)11(12)14/h2-3,6,13H,4-5,7H2,1H3. The normalized spacial score (nSPS) is 14.5. The lowest BCUT2D eigenvalue weighted by atomic mass is 10.1. The van der Waals surface area contributed by atoms with Crippen LogP contribution in [0.2, 0.25) is 0 Å². The molecule has 0 spiro atoms. The molecule has 0 unspecified atom stereocenters. The van der Waals surface area contributed by atoms with Crippen LogP contribution in [0, 0.1) is 0 Å². The predicted molar refractivity (Wildman–Crippen MR) is 54.7 cm³/mol. The van der Waals surface area contributed by atoms with E-state index in [-0.39, 0.29) is 11.7 Å². The smallest absolute Gasteiger partial charge is 0.254 e. The highest BCUT2D eigenvalue weighted by molar-refractivity contribution is 5.98. The van der Waals surface area contributed by atoms with Crippen LogP contribution in [0.15, 0.2) is 18.2 Å². The molecule has 1 aliphatic heterocycles. The Labute approximate surface area is 88.1 Å².